The van der Waals surface area contributed by atoms with E-state index in [1.165, 1.54) is 22.7 Å². The molecule has 2 aromatic heterocycles. The van der Waals surface area contributed by atoms with E-state index in [1.807, 2.05) is 43.3 Å². The molecule has 0 aliphatic carbocycles. The molecule has 2 aromatic carbocycles. The largest absolute Gasteiger partial charge is 0.497 e. The lowest BCUT2D eigenvalue weighted by Crippen LogP contribution is -2.05. The van der Waals surface area contributed by atoms with Gasteiger partial charge in [-0.1, -0.05) is 62.6 Å². The number of halogens is 1. The molecule has 0 atom stereocenters. The second-order valence-corrected chi connectivity index (χ2v) is 10.5. The van der Waals surface area contributed by atoms with E-state index in [9.17, 15) is 9.59 Å². The molecule has 0 saturated carbocycles. The van der Waals surface area contributed by atoms with Crippen LogP contribution in [0.1, 0.15) is 58.9 Å². The summed E-state index contributed by atoms with van der Waals surface area (Å²) < 4.78 is 18.1. The third-order valence-electron chi connectivity index (χ3n) is 5.66. The molecular formula is C27H27ClO5S2. The van der Waals surface area contributed by atoms with Crippen LogP contribution in [0.25, 0.3) is 31.3 Å². The van der Waals surface area contributed by atoms with E-state index < -0.39 is 5.97 Å². The topological polar surface area (TPSA) is 61.8 Å². The molecule has 0 N–H and O–H groups in total. The number of rotatable bonds is 10. The Kier molecular flexibility index (Phi) is 8.31. The van der Waals surface area contributed by atoms with Gasteiger partial charge in [-0.3, -0.25) is 0 Å². The SMILES string of the molecule is CCCCOC(=O)c1sc2c(ccc3c(-c4ccc(OC)cc4)c(C(=O)OCCCC)sc32)c1Cl. The highest BCUT2D eigenvalue weighted by Crippen LogP contribution is 2.47. The monoisotopic (exact) mass is 530 g/mol. The standard InChI is InChI=1S/C27H27ClO5S2/c1-4-6-14-32-26(29)24-20(16-8-10-17(31-3)11-9-16)18-12-13-19-21(28)25(27(30)33-15-7-5-2)35-23(19)22(18)34-24/h8-13H,4-7,14-15H2,1-3H3. The van der Waals surface area contributed by atoms with Crippen molar-refractivity contribution in [2.75, 3.05) is 20.3 Å². The van der Waals surface area contributed by atoms with Crippen LogP contribution in [0, 0.1) is 0 Å². The van der Waals surface area contributed by atoms with E-state index >= 15 is 0 Å². The summed E-state index contributed by atoms with van der Waals surface area (Å²) in [5.41, 5.74) is 1.70. The molecule has 5 nitrogen and oxygen atoms in total. The molecule has 0 amide bonds. The van der Waals surface area contributed by atoms with Gasteiger partial charge < -0.3 is 14.2 Å². The first-order valence-electron chi connectivity index (χ1n) is 11.7. The van der Waals surface area contributed by atoms with Gasteiger partial charge >= 0.3 is 11.9 Å². The van der Waals surface area contributed by atoms with Crippen LogP contribution in [0.3, 0.4) is 0 Å². The van der Waals surface area contributed by atoms with Gasteiger partial charge in [0.25, 0.3) is 0 Å². The van der Waals surface area contributed by atoms with Gasteiger partial charge in [-0.2, -0.15) is 0 Å². The van der Waals surface area contributed by atoms with Gasteiger partial charge in [0.15, 0.2) is 0 Å². The van der Waals surface area contributed by atoms with Crippen LogP contribution in [0.15, 0.2) is 36.4 Å². The first kappa shape index (κ1) is 25.5. The Morgan fingerprint density at radius 2 is 1.34 bits per heavy atom. The van der Waals surface area contributed by atoms with Gasteiger partial charge in [0, 0.05) is 16.3 Å². The highest BCUT2D eigenvalue weighted by molar-refractivity contribution is 7.29. The molecule has 4 aromatic rings. The number of methoxy groups -OCH3 is 1. The van der Waals surface area contributed by atoms with Crippen molar-refractivity contribution in [1.29, 1.82) is 0 Å². The van der Waals surface area contributed by atoms with Crippen LogP contribution < -0.4 is 4.74 Å². The summed E-state index contributed by atoms with van der Waals surface area (Å²) in [6, 6.07) is 11.5. The number of hydrogen-bond donors (Lipinski definition) is 0. The summed E-state index contributed by atoms with van der Waals surface area (Å²) in [5.74, 6) is -0.0246. The summed E-state index contributed by atoms with van der Waals surface area (Å²) in [5, 5.41) is 2.08. The quantitative estimate of drug-likeness (QED) is 0.152. The van der Waals surface area contributed by atoms with Gasteiger partial charge in [0.05, 0.1) is 34.7 Å². The summed E-state index contributed by atoms with van der Waals surface area (Å²) >= 11 is 9.30. The number of benzene rings is 2. The van der Waals surface area contributed by atoms with Crippen molar-refractivity contribution in [2.45, 2.75) is 39.5 Å². The van der Waals surface area contributed by atoms with Gasteiger partial charge in [-0.15, -0.1) is 22.7 Å². The minimum Gasteiger partial charge on any atom is -0.497 e. The number of carbonyl (C=O) groups excluding carboxylic acids is 2. The van der Waals surface area contributed by atoms with E-state index in [1.54, 1.807) is 7.11 Å². The Labute approximate surface area is 217 Å². The highest BCUT2D eigenvalue weighted by Gasteiger charge is 2.26. The van der Waals surface area contributed by atoms with E-state index in [0.717, 1.165) is 62.7 Å². The molecule has 0 aliphatic heterocycles. The van der Waals surface area contributed by atoms with Gasteiger partial charge in [0.2, 0.25) is 0 Å². The maximum Gasteiger partial charge on any atom is 0.349 e. The maximum absolute atomic E-state index is 13.1. The van der Waals surface area contributed by atoms with Crippen LogP contribution in [-0.4, -0.2) is 32.3 Å². The number of hydrogen-bond acceptors (Lipinski definition) is 7. The third-order valence-corrected chi connectivity index (χ3v) is 8.70. The minimum absolute atomic E-state index is 0.347. The van der Waals surface area contributed by atoms with Crippen molar-refractivity contribution < 1.29 is 23.8 Å². The number of unbranched alkanes of at least 4 members (excludes halogenated alkanes) is 2. The molecule has 0 saturated heterocycles. The Bertz CT molecular complexity index is 1350. The summed E-state index contributed by atoms with van der Waals surface area (Å²) in [6.45, 7) is 4.83. The Hall–Kier alpha value is -2.61. The Morgan fingerprint density at radius 3 is 1.94 bits per heavy atom. The molecule has 0 unspecified atom stereocenters. The fraction of sp³-hybridized carbons (Fsp3) is 0.333. The molecule has 184 valence electrons. The van der Waals surface area contributed by atoms with Crippen LogP contribution in [0.4, 0.5) is 0 Å². The number of thiophene rings is 2. The average molecular weight is 531 g/mol. The van der Waals surface area contributed by atoms with Gasteiger partial charge in [0.1, 0.15) is 15.5 Å². The summed E-state index contributed by atoms with van der Waals surface area (Å²) in [7, 11) is 1.62. The minimum atomic E-state index is -0.413. The van der Waals surface area contributed by atoms with Crippen molar-refractivity contribution in [3.63, 3.8) is 0 Å². The smallest absolute Gasteiger partial charge is 0.349 e. The molecule has 4 rings (SSSR count). The zero-order chi connectivity index (χ0) is 24.9. The first-order valence-corrected chi connectivity index (χ1v) is 13.7. The fourth-order valence-corrected chi connectivity index (χ4v) is 6.59. The van der Waals surface area contributed by atoms with E-state index in [-0.39, 0.29) is 5.97 Å². The van der Waals surface area contributed by atoms with E-state index in [2.05, 4.69) is 6.92 Å². The fourth-order valence-electron chi connectivity index (χ4n) is 3.75. The van der Waals surface area contributed by atoms with Crippen molar-refractivity contribution in [3.8, 4) is 16.9 Å². The molecule has 0 bridgehead atoms. The normalized spacial score (nSPS) is 11.2. The number of carbonyl (C=O) groups is 2. The predicted molar refractivity (Wildman–Crippen MR) is 145 cm³/mol. The first-order chi connectivity index (χ1) is 17.0. The van der Waals surface area contributed by atoms with Crippen molar-refractivity contribution in [3.05, 3.63) is 51.2 Å². The molecule has 35 heavy (non-hydrogen) atoms. The molecular weight excluding hydrogens is 504 g/mol. The summed E-state index contributed by atoms with van der Waals surface area (Å²) in [4.78, 5) is 26.7. The molecule has 0 aliphatic rings. The van der Waals surface area contributed by atoms with Crippen LogP contribution in [0.2, 0.25) is 5.02 Å². The number of esters is 2. The van der Waals surface area contributed by atoms with Crippen molar-refractivity contribution in [1.82, 2.24) is 0 Å². The van der Waals surface area contributed by atoms with Gasteiger partial charge in [-0.25, -0.2) is 9.59 Å². The van der Waals surface area contributed by atoms with Crippen LogP contribution >= 0.6 is 34.3 Å². The zero-order valence-corrected chi connectivity index (χ0v) is 22.3. The average Bonchev–Trinajstić information content (AvgIpc) is 3.42. The summed E-state index contributed by atoms with van der Waals surface area (Å²) in [6.07, 6.45) is 3.49. The molecule has 0 radical (unpaired) electrons. The number of fused-ring (bicyclic) bond motifs is 3. The lowest BCUT2D eigenvalue weighted by atomic mass is 10.0. The maximum atomic E-state index is 13.1. The van der Waals surface area contributed by atoms with E-state index in [0.29, 0.717) is 28.0 Å². The second-order valence-electron chi connectivity index (χ2n) is 8.08. The predicted octanol–water partition coefficient (Wildman–Crippen LogP) is 8.36. The van der Waals surface area contributed by atoms with Crippen molar-refractivity contribution in [2.24, 2.45) is 0 Å². The highest BCUT2D eigenvalue weighted by atomic mass is 35.5. The molecule has 8 heteroatoms. The number of ether oxygens (including phenoxy) is 3. The third kappa shape index (κ3) is 5.17. The molecule has 2 heterocycles. The zero-order valence-electron chi connectivity index (χ0n) is 19.9. The van der Waals surface area contributed by atoms with Crippen LogP contribution in [0.5, 0.6) is 5.75 Å². The molecule has 0 spiro atoms. The van der Waals surface area contributed by atoms with Gasteiger partial charge in [-0.05, 0) is 30.5 Å². The molecule has 0 fully saturated rings. The Morgan fingerprint density at radius 1 is 0.800 bits per heavy atom. The Balaban J connectivity index is 1.86. The van der Waals surface area contributed by atoms with Crippen LogP contribution in [-0.2, 0) is 9.47 Å². The van der Waals surface area contributed by atoms with E-state index in [4.69, 9.17) is 25.8 Å². The van der Waals surface area contributed by atoms with Crippen molar-refractivity contribution >= 4 is 66.4 Å². The lowest BCUT2D eigenvalue weighted by Gasteiger charge is -2.07. The second kappa shape index (κ2) is 11.4. The lowest BCUT2D eigenvalue weighted by molar-refractivity contribution is 0.0496.